The van der Waals surface area contributed by atoms with Crippen molar-refractivity contribution in [3.63, 3.8) is 0 Å². The van der Waals surface area contributed by atoms with Crippen LogP contribution >= 0.6 is 0 Å². The van der Waals surface area contributed by atoms with Crippen LogP contribution in [0.2, 0.25) is 0 Å². The van der Waals surface area contributed by atoms with Crippen molar-refractivity contribution >= 4 is 18.0 Å². The van der Waals surface area contributed by atoms with E-state index in [4.69, 9.17) is 10.1 Å². The number of nitrogens with one attached hydrogen (secondary N) is 3. The second kappa shape index (κ2) is 14.7. The van der Waals surface area contributed by atoms with Crippen LogP contribution in [0.15, 0.2) is 67.3 Å². The molecule has 0 unspecified atom stereocenters. The average molecular weight is 698 g/mol. The number of nitrogens with zero attached hydrogens (tertiary/aromatic N) is 6. The lowest BCUT2D eigenvalue weighted by molar-refractivity contribution is 0.0566. The van der Waals surface area contributed by atoms with Gasteiger partial charge >= 0.3 is 12.6 Å². The molecule has 1 saturated carbocycles. The molecular weight excluding hydrogens is 658 g/mol. The number of ether oxygens (including phenoxy) is 1. The van der Waals surface area contributed by atoms with E-state index in [9.17, 15) is 27.2 Å². The van der Waals surface area contributed by atoms with Gasteiger partial charge in [-0.15, -0.1) is 0 Å². The largest absolute Gasteiger partial charge is 0.447 e. The normalized spacial score (nSPS) is 14.4. The third-order valence-electron chi connectivity index (χ3n) is 8.25. The molecule has 2 aromatic carbocycles. The van der Waals surface area contributed by atoms with Gasteiger partial charge in [-0.3, -0.25) is 15.1 Å². The molecule has 1 aliphatic carbocycles. The van der Waals surface area contributed by atoms with Crippen LogP contribution in [0.3, 0.4) is 0 Å². The number of alkyl halides is 4. The number of alkyl carbamates (subject to hydrolysis) is 1. The summed E-state index contributed by atoms with van der Waals surface area (Å²) < 4.78 is 60.8. The molecule has 2 amide bonds. The van der Waals surface area contributed by atoms with Crippen molar-refractivity contribution in [2.24, 2.45) is 5.41 Å². The van der Waals surface area contributed by atoms with Crippen LogP contribution in [0.25, 0.3) is 16.8 Å². The fourth-order valence-corrected chi connectivity index (χ4v) is 5.11. The van der Waals surface area contributed by atoms with Gasteiger partial charge in [0.15, 0.2) is 11.8 Å². The van der Waals surface area contributed by atoms with Crippen molar-refractivity contribution in [2.45, 2.75) is 71.5 Å². The molecule has 5 rings (SSSR count). The zero-order chi connectivity index (χ0) is 36.2. The lowest BCUT2D eigenvalue weighted by Gasteiger charge is -2.33. The highest BCUT2D eigenvalue weighted by Crippen LogP contribution is 2.34. The number of amides is 2. The Kier molecular flexibility index (Phi) is 10.6. The van der Waals surface area contributed by atoms with E-state index in [1.807, 2.05) is 27.7 Å². The van der Waals surface area contributed by atoms with Crippen LogP contribution in [0, 0.1) is 10.8 Å². The molecule has 16 heteroatoms. The summed E-state index contributed by atoms with van der Waals surface area (Å²) in [4.78, 5) is 32.1. The monoisotopic (exact) mass is 697 g/mol. The fourth-order valence-electron chi connectivity index (χ4n) is 5.11. The SMILES string of the molecule is CC(C)(C)CCNC(=N)N(C(=O)c1ccc(-c2cnn(C(F)F)c2)cc1)[C@H](COC(=O)NC1(C)CC1)c1cccc(-n2ncnc2C(F)F)c1. The maximum absolute atomic E-state index is 14.4. The first-order chi connectivity index (χ1) is 23.6. The third-order valence-corrected chi connectivity index (χ3v) is 8.25. The molecule has 1 fully saturated rings. The summed E-state index contributed by atoms with van der Waals surface area (Å²) in [7, 11) is 0. The van der Waals surface area contributed by atoms with Crippen molar-refractivity contribution in [3.8, 4) is 16.8 Å². The topological polar surface area (TPSA) is 143 Å². The van der Waals surface area contributed by atoms with Crippen LogP contribution in [-0.2, 0) is 4.74 Å². The maximum atomic E-state index is 14.4. The lowest BCUT2D eigenvalue weighted by atomic mass is 9.92. The number of halogens is 4. The lowest BCUT2D eigenvalue weighted by Crippen LogP contribution is -2.49. The van der Waals surface area contributed by atoms with Gasteiger partial charge in [-0.05, 0) is 67.0 Å². The number of hydrogen-bond acceptors (Lipinski definition) is 7. The minimum atomic E-state index is -2.92. The Morgan fingerprint density at radius 1 is 1.06 bits per heavy atom. The Hall–Kier alpha value is -5.28. The van der Waals surface area contributed by atoms with E-state index in [-0.39, 0.29) is 22.6 Å². The van der Waals surface area contributed by atoms with E-state index in [2.05, 4.69) is 25.8 Å². The third kappa shape index (κ3) is 8.84. The Morgan fingerprint density at radius 2 is 1.78 bits per heavy atom. The van der Waals surface area contributed by atoms with Gasteiger partial charge in [0.05, 0.1) is 17.9 Å². The summed E-state index contributed by atoms with van der Waals surface area (Å²) in [5, 5.41) is 22.5. The standard InChI is InChI=1S/C34H39F4N9O3/c1-33(2,3)14-15-40-31(39)46(29(48)22-10-8-21(9-11-22)24-17-42-45(18-24)30(37)38)26(19-50-32(49)44-34(4)12-13-34)23-6-5-7-25(16-23)47-28(27(35)36)41-20-43-47/h5-11,16-18,20,26-27,30H,12-15,19H2,1-4H3,(H2,39,40)(H,44,49)/t26-/m1/s1. The Bertz CT molecular complexity index is 1810. The number of guanidine groups is 1. The summed E-state index contributed by atoms with van der Waals surface area (Å²) in [5.74, 6) is -1.52. The van der Waals surface area contributed by atoms with Gasteiger partial charge < -0.3 is 15.4 Å². The zero-order valence-electron chi connectivity index (χ0n) is 28.0. The predicted molar refractivity (Wildman–Crippen MR) is 176 cm³/mol. The van der Waals surface area contributed by atoms with Gasteiger partial charge in [-0.2, -0.15) is 19.0 Å². The van der Waals surface area contributed by atoms with Gasteiger partial charge in [-0.25, -0.2) is 27.9 Å². The number of aromatic nitrogens is 5. The molecule has 0 aliphatic heterocycles. The van der Waals surface area contributed by atoms with Crippen molar-refractivity contribution in [3.05, 3.63) is 84.2 Å². The first-order valence-electron chi connectivity index (χ1n) is 16.0. The molecule has 0 bridgehead atoms. The van der Waals surface area contributed by atoms with E-state index >= 15 is 0 Å². The predicted octanol–water partition coefficient (Wildman–Crippen LogP) is 6.89. The summed E-state index contributed by atoms with van der Waals surface area (Å²) >= 11 is 0. The molecule has 12 nitrogen and oxygen atoms in total. The van der Waals surface area contributed by atoms with Gasteiger partial charge in [0.25, 0.3) is 12.3 Å². The molecule has 4 aromatic rings. The maximum Gasteiger partial charge on any atom is 0.407 e. The van der Waals surface area contributed by atoms with Gasteiger partial charge in [0.1, 0.15) is 12.9 Å². The highest BCUT2D eigenvalue weighted by molar-refractivity contribution is 6.05. The Labute approximate surface area is 286 Å². The minimum Gasteiger partial charge on any atom is -0.447 e. The van der Waals surface area contributed by atoms with Crippen LogP contribution in [-0.4, -0.2) is 66.1 Å². The molecule has 50 heavy (non-hydrogen) atoms. The number of benzene rings is 2. The van der Waals surface area contributed by atoms with Crippen molar-refractivity contribution in [1.82, 2.24) is 40.1 Å². The zero-order valence-corrected chi connectivity index (χ0v) is 28.0. The second-order valence-electron chi connectivity index (χ2n) is 13.6. The molecule has 0 spiro atoms. The van der Waals surface area contributed by atoms with Crippen molar-refractivity contribution < 1.29 is 31.9 Å². The van der Waals surface area contributed by atoms with Gasteiger partial charge in [0.2, 0.25) is 0 Å². The first-order valence-corrected chi connectivity index (χ1v) is 16.0. The molecule has 2 aromatic heterocycles. The van der Waals surface area contributed by atoms with Crippen LogP contribution in [0.4, 0.5) is 22.4 Å². The quantitative estimate of drug-likeness (QED) is 0.0832. The smallest absolute Gasteiger partial charge is 0.407 e. The molecular formula is C34H39F4N9O3. The van der Waals surface area contributed by atoms with Gasteiger partial charge in [-0.1, -0.05) is 45.0 Å². The van der Waals surface area contributed by atoms with Crippen LogP contribution in [0.5, 0.6) is 0 Å². The molecule has 1 atom stereocenters. The number of rotatable bonds is 12. The Balaban J connectivity index is 1.52. The number of carbonyl (C=O) groups excluding carboxylic acids is 2. The summed E-state index contributed by atoms with van der Waals surface area (Å²) in [6.45, 7) is 5.10. The molecule has 0 radical (unpaired) electrons. The van der Waals surface area contributed by atoms with E-state index in [0.29, 0.717) is 34.3 Å². The summed E-state index contributed by atoms with van der Waals surface area (Å²) in [6, 6.07) is 11.3. The van der Waals surface area contributed by atoms with Crippen LogP contribution < -0.4 is 10.6 Å². The van der Waals surface area contributed by atoms with Crippen molar-refractivity contribution in [1.29, 1.82) is 5.41 Å². The molecule has 3 N–H and O–H groups in total. The van der Waals surface area contributed by atoms with E-state index in [1.54, 1.807) is 24.3 Å². The Morgan fingerprint density at radius 3 is 2.40 bits per heavy atom. The van der Waals surface area contributed by atoms with Crippen molar-refractivity contribution in [2.75, 3.05) is 13.2 Å². The average Bonchev–Trinajstić information content (AvgIpc) is 3.44. The highest BCUT2D eigenvalue weighted by Gasteiger charge is 2.40. The molecule has 266 valence electrons. The first kappa shape index (κ1) is 36.0. The van der Waals surface area contributed by atoms with Gasteiger partial charge in [0, 0.05) is 29.4 Å². The molecule has 1 aliphatic rings. The summed E-state index contributed by atoms with van der Waals surface area (Å²) in [5.41, 5.74) is 1.16. The number of hydrogen-bond donors (Lipinski definition) is 3. The highest BCUT2D eigenvalue weighted by atomic mass is 19.3. The molecule has 2 heterocycles. The number of carbonyl (C=O) groups is 2. The fraction of sp³-hybridized carbons (Fsp3) is 0.412. The van der Waals surface area contributed by atoms with Crippen LogP contribution in [0.1, 0.15) is 87.7 Å². The van der Waals surface area contributed by atoms with E-state index in [1.165, 1.54) is 36.7 Å². The van der Waals surface area contributed by atoms with E-state index < -0.39 is 49.0 Å². The minimum absolute atomic E-state index is 0.0931. The summed E-state index contributed by atoms with van der Waals surface area (Å²) in [6.07, 6.45) is 2.06. The molecule has 0 saturated heterocycles. The van der Waals surface area contributed by atoms with E-state index in [0.717, 1.165) is 28.8 Å². The second-order valence-corrected chi connectivity index (χ2v) is 13.6.